The second-order valence-corrected chi connectivity index (χ2v) is 5.85. The number of anilines is 1. The van der Waals surface area contributed by atoms with Crippen LogP contribution in [-0.4, -0.2) is 15.3 Å². The van der Waals surface area contributed by atoms with E-state index in [1.54, 1.807) is 0 Å². The molecule has 1 N–H and O–H groups in total. The molecule has 3 aromatic rings. The van der Waals surface area contributed by atoms with Gasteiger partial charge >= 0.3 is 0 Å². The quantitative estimate of drug-likeness (QED) is 0.792. The maximum atomic E-state index is 12.9. The number of carbonyl (C=O) groups is 1. The number of imidazole rings is 1. The number of pyridine rings is 1. The lowest BCUT2D eigenvalue weighted by molar-refractivity contribution is 0.102. The van der Waals surface area contributed by atoms with E-state index in [1.165, 1.54) is 0 Å². The Morgan fingerprint density at radius 1 is 1.13 bits per heavy atom. The molecule has 1 amide bonds. The van der Waals surface area contributed by atoms with Crippen LogP contribution >= 0.6 is 0 Å². The predicted molar refractivity (Wildman–Crippen MR) is 93.2 cm³/mol. The number of aromatic nitrogens is 2. The monoisotopic (exact) mass is 307 g/mol. The molecule has 0 saturated carbocycles. The zero-order valence-electron chi connectivity index (χ0n) is 14.0. The van der Waals surface area contributed by atoms with Crippen molar-refractivity contribution in [1.82, 2.24) is 9.38 Å². The molecule has 0 aliphatic heterocycles. The van der Waals surface area contributed by atoms with E-state index in [4.69, 9.17) is 0 Å². The summed E-state index contributed by atoms with van der Waals surface area (Å²) in [6, 6.07) is 10.0. The molecule has 0 bridgehead atoms. The number of benzene rings is 1. The molecule has 0 spiro atoms. The molecule has 1 aromatic carbocycles. The molecule has 3 rings (SSSR count). The van der Waals surface area contributed by atoms with E-state index in [2.05, 4.69) is 17.2 Å². The molecule has 0 aliphatic carbocycles. The summed E-state index contributed by atoms with van der Waals surface area (Å²) in [4.78, 5) is 17.4. The van der Waals surface area contributed by atoms with Gasteiger partial charge in [-0.15, -0.1) is 0 Å². The molecule has 2 heterocycles. The number of amides is 1. The van der Waals surface area contributed by atoms with Crippen molar-refractivity contribution in [1.29, 1.82) is 0 Å². The maximum absolute atomic E-state index is 12.9. The molecule has 23 heavy (non-hydrogen) atoms. The number of aryl methyl sites for hydroxylation is 4. The zero-order valence-corrected chi connectivity index (χ0v) is 14.0. The van der Waals surface area contributed by atoms with E-state index in [0.29, 0.717) is 5.69 Å². The van der Waals surface area contributed by atoms with Gasteiger partial charge in [0, 0.05) is 11.9 Å². The molecule has 2 aromatic heterocycles. The molecule has 0 unspecified atom stereocenters. The Labute approximate surface area is 136 Å². The smallest absolute Gasteiger partial charge is 0.274 e. The van der Waals surface area contributed by atoms with E-state index < -0.39 is 0 Å². The first-order valence-electron chi connectivity index (χ1n) is 7.87. The van der Waals surface area contributed by atoms with Crippen molar-refractivity contribution >= 4 is 17.2 Å². The van der Waals surface area contributed by atoms with Crippen LogP contribution in [0.15, 0.2) is 36.5 Å². The Kier molecular flexibility index (Phi) is 3.90. The number of carbonyl (C=O) groups excluding carboxylic acids is 1. The number of hydrogen-bond acceptors (Lipinski definition) is 2. The lowest BCUT2D eigenvalue weighted by Crippen LogP contribution is -2.17. The number of nitrogens with zero attached hydrogens (tertiary/aromatic N) is 2. The number of nitrogens with one attached hydrogen (secondary N) is 1. The van der Waals surface area contributed by atoms with Crippen LogP contribution in [0.4, 0.5) is 5.69 Å². The van der Waals surface area contributed by atoms with Gasteiger partial charge in [-0.1, -0.05) is 31.2 Å². The highest BCUT2D eigenvalue weighted by Crippen LogP contribution is 2.23. The molecule has 0 fully saturated rings. The van der Waals surface area contributed by atoms with Gasteiger partial charge in [0.1, 0.15) is 11.3 Å². The number of rotatable bonds is 3. The highest BCUT2D eigenvalue weighted by molar-refractivity contribution is 6.05. The van der Waals surface area contributed by atoms with Gasteiger partial charge in [0.25, 0.3) is 5.91 Å². The third kappa shape index (κ3) is 2.61. The van der Waals surface area contributed by atoms with Crippen molar-refractivity contribution < 1.29 is 4.79 Å². The first-order chi connectivity index (χ1) is 11.0. The Morgan fingerprint density at radius 3 is 2.61 bits per heavy atom. The van der Waals surface area contributed by atoms with Gasteiger partial charge in [-0.25, -0.2) is 4.98 Å². The minimum Gasteiger partial charge on any atom is -0.320 e. The third-order valence-electron chi connectivity index (χ3n) is 4.21. The molecule has 118 valence electrons. The lowest BCUT2D eigenvalue weighted by Gasteiger charge is -2.13. The molecule has 4 heteroatoms. The minimum atomic E-state index is -0.121. The van der Waals surface area contributed by atoms with Crippen LogP contribution < -0.4 is 5.32 Å². The van der Waals surface area contributed by atoms with Crippen LogP contribution in [0, 0.1) is 20.8 Å². The number of para-hydroxylation sites is 1. The standard InChI is InChI=1S/C19H21N3O/c1-5-15-10-6-8-12(2)16(15)21-19(23)17-14(4)20-18-13(3)9-7-11-22(17)18/h6-11H,5H2,1-4H3,(H,21,23). The van der Waals surface area contributed by atoms with Crippen molar-refractivity contribution in [3.63, 3.8) is 0 Å². The highest BCUT2D eigenvalue weighted by atomic mass is 16.2. The average Bonchev–Trinajstić information content (AvgIpc) is 2.87. The average molecular weight is 307 g/mol. The van der Waals surface area contributed by atoms with Gasteiger partial charge in [0.15, 0.2) is 0 Å². The van der Waals surface area contributed by atoms with Gasteiger partial charge in [0.2, 0.25) is 0 Å². The van der Waals surface area contributed by atoms with Crippen LogP contribution in [0.25, 0.3) is 5.65 Å². The van der Waals surface area contributed by atoms with Gasteiger partial charge in [-0.05, 0) is 49.9 Å². The predicted octanol–water partition coefficient (Wildman–Crippen LogP) is 4.07. The first-order valence-corrected chi connectivity index (χ1v) is 7.87. The molecule has 0 atom stereocenters. The molecule has 0 saturated heterocycles. The van der Waals surface area contributed by atoms with Crippen molar-refractivity contribution in [3.8, 4) is 0 Å². The largest absolute Gasteiger partial charge is 0.320 e. The van der Waals surface area contributed by atoms with Crippen molar-refractivity contribution in [2.45, 2.75) is 34.1 Å². The third-order valence-corrected chi connectivity index (χ3v) is 4.21. The van der Waals surface area contributed by atoms with Crippen LogP contribution in [0.5, 0.6) is 0 Å². The molecule has 0 aliphatic rings. The van der Waals surface area contributed by atoms with E-state index in [1.807, 2.05) is 61.7 Å². The summed E-state index contributed by atoms with van der Waals surface area (Å²) in [5.74, 6) is -0.121. The van der Waals surface area contributed by atoms with E-state index in [-0.39, 0.29) is 5.91 Å². The van der Waals surface area contributed by atoms with Gasteiger partial charge in [-0.3, -0.25) is 9.20 Å². The summed E-state index contributed by atoms with van der Waals surface area (Å²) in [6.45, 7) is 7.98. The second-order valence-electron chi connectivity index (χ2n) is 5.85. The van der Waals surface area contributed by atoms with Crippen LogP contribution in [0.2, 0.25) is 0 Å². The Hall–Kier alpha value is -2.62. The SMILES string of the molecule is CCc1cccc(C)c1NC(=O)c1c(C)nc2c(C)cccn12. The summed E-state index contributed by atoms with van der Waals surface area (Å²) < 4.78 is 1.86. The second kappa shape index (κ2) is 5.88. The van der Waals surface area contributed by atoms with E-state index in [0.717, 1.165) is 40.1 Å². The molecular formula is C19H21N3O. The molecular weight excluding hydrogens is 286 g/mol. The fourth-order valence-electron chi connectivity index (χ4n) is 2.97. The van der Waals surface area contributed by atoms with E-state index in [9.17, 15) is 4.79 Å². The van der Waals surface area contributed by atoms with E-state index >= 15 is 0 Å². The Morgan fingerprint density at radius 2 is 1.87 bits per heavy atom. The summed E-state index contributed by atoms with van der Waals surface area (Å²) >= 11 is 0. The summed E-state index contributed by atoms with van der Waals surface area (Å²) in [7, 11) is 0. The number of hydrogen-bond donors (Lipinski definition) is 1. The fourth-order valence-corrected chi connectivity index (χ4v) is 2.97. The Balaban J connectivity index is 2.06. The van der Waals surface area contributed by atoms with Crippen LogP contribution in [0.3, 0.4) is 0 Å². The van der Waals surface area contributed by atoms with Gasteiger partial charge in [-0.2, -0.15) is 0 Å². The zero-order chi connectivity index (χ0) is 16.6. The summed E-state index contributed by atoms with van der Waals surface area (Å²) in [5.41, 5.74) is 6.33. The van der Waals surface area contributed by atoms with Crippen LogP contribution in [0.1, 0.15) is 39.8 Å². The normalized spacial score (nSPS) is 11.0. The van der Waals surface area contributed by atoms with Gasteiger partial charge < -0.3 is 5.32 Å². The van der Waals surface area contributed by atoms with Crippen molar-refractivity contribution in [2.75, 3.05) is 5.32 Å². The number of fused-ring (bicyclic) bond motifs is 1. The fraction of sp³-hybridized carbons (Fsp3) is 0.263. The van der Waals surface area contributed by atoms with Crippen molar-refractivity contribution in [2.24, 2.45) is 0 Å². The summed E-state index contributed by atoms with van der Waals surface area (Å²) in [5, 5.41) is 3.08. The van der Waals surface area contributed by atoms with Crippen molar-refractivity contribution in [3.05, 3.63) is 64.6 Å². The maximum Gasteiger partial charge on any atom is 0.274 e. The minimum absolute atomic E-state index is 0.121. The summed E-state index contributed by atoms with van der Waals surface area (Å²) in [6.07, 6.45) is 2.76. The molecule has 4 nitrogen and oxygen atoms in total. The highest BCUT2D eigenvalue weighted by Gasteiger charge is 2.19. The lowest BCUT2D eigenvalue weighted by atomic mass is 10.1. The Bertz CT molecular complexity index is 893. The first kappa shape index (κ1) is 15.3. The van der Waals surface area contributed by atoms with Crippen LogP contribution in [-0.2, 0) is 6.42 Å². The van der Waals surface area contributed by atoms with Gasteiger partial charge in [0.05, 0.1) is 5.69 Å². The topological polar surface area (TPSA) is 46.4 Å². The molecule has 0 radical (unpaired) electrons.